The minimum Gasteiger partial charge on any atom is -0.495 e. The Morgan fingerprint density at radius 1 is 1.31 bits per heavy atom. The highest BCUT2D eigenvalue weighted by Gasteiger charge is 2.11. The van der Waals surface area contributed by atoms with Gasteiger partial charge in [0.15, 0.2) is 0 Å². The molecule has 0 spiro atoms. The highest BCUT2D eigenvalue weighted by atomic mass is 35.5. The van der Waals surface area contributed by atoms with Crippen molar-refractivity contribution in [2.45, 2.75) is 6.54 Å². The number of benzene rings is 1. The van der Waals surface area contributed by atoms with E-state index in [1.54, 1.807) is 20.3 Å². The second-order valence-electron chi connectivity index (χ2n) is 2.48. The van der Waals surface area contributed by atoms with Crippen LogP contribution in [0.1, 0.15) is 5.56 Å². The smallest absolute Gasteiger partial charge is 0.145 e. The fourth-order valence-corrected chi connectivity index (χ4v) is 1.46. The van der Waals surface area contributed by atoms with Crippen LogP contribution in [0.15, 0.2) is 12.1 Å². The minimum absolute atomic E-state index is 0.396. The number of hydrogen-bond donors (Lipinski definition) is 1. The van der Waals surface area contributed by atoms with Crippen LogP contribution in [0, 0.1) is 0 Å². The van der Waals surface area contributed by atoms with Crippen LogP contribution < -0.4 is 15.2 Å². The lowest BCUT2D eigenvalue weighted by molar-refractivity contribution is 0.391. The zero-order chi connectivity index (χ0) is 9.84. The first-order chi connectivity index (χ1) is 6.24. The van der Waals surface area contributed by atoms with Gasteiger partial charge in [0.1, 0.15) is 16.5 Å². The number of rotatable bonds is 3. The third-order valence-corrected chi connectivity index (χ3v) is 2.15. The van der Waals surface area contributed by atoms with Gasteiger partial charge >= 0.3 is 0 Å². The summed E-state index contributed by atoms with van der Waals surface area (Å²) in [6.45, 7) is 0.396. The van der Waals surface area contributed by atoms with Gasteiger partial charge in [-0.3, -0.25) is 0 Å². The highest BCUT2D eigenvalue weighted by Crippen LogP contribution is 2.36. The SMILES string of the molecule is COc1ccc(CN)c(OC)c1Cl. The zero-order valence-electron chi connectivity index (χ0n) is 7.63. The second kappa shape index (κ2) is 4.35. The fraction of sp³-hybridized carbons (Fsp3) is 0.333. The maximum atomic E-state index is 5.99. The minimum atomic E-state index is 0.396. The molecule has 4 heteroatoms. The van der Waals surface area contributed by atoms with Gasteiger partial charge in [-0.05, 0) is 6.07 Å². The largest absolute Gasteiger partial charge is 0.495 e. The molecule has 0 aromatic heterocycles. The van der Waals surface area contributed by atoms with Crippen LogP contribution in [0.3, 0.4) is 0 Å². The summed E-state index contributed by atoms with van der Waals surface area (Å²) in [5, 5.41) is 0.466. The van der Waals surface area contributed by atoms with Crippen molar-refractivity contribution in [3.8, 4) is 11.5 Å². The molecule has 0 aliphatic heterocycles. The van der Waals surface area contributed by atoms with Crippen molar-refractivity contribution in [2.24, 2.45) is 5.73 Å². The van der Waals surface area contributed by atoms with Crippen LogP contribution in [-0.2, 0) is 6.54 Å². The molecule has 0 atom stereocenters. The van der Waals surface area contributed by atoms with Gasteiger partial charge in [-0.1, -0.05) is 17.7 Å². The van der Waals surface area contributed by atoms with Crippen LogP contribution >= 0.6 is 11.6 Å². The summed E-state index contributed by atoms with van der Waals surface area (Å²) in [4.78, 5) is 0. The first-order valence-electron chi connectivity index (χ1n) is 3.84. The van der Waals surface area contributed by atoms with E-state index in [2.05, 4.69) is 0 Å². The third-order valence-electron chi connectivity index (χ3n) is 1.79. The second-order valence-corrected chi connectivity index (χ2v) is 2.86. The molecule has 2 N–H and O–H groups in total. The average Bonchev–Trinajstić information content (AvgIpc) is 2.17. The van der Waals surface area contributed by atoms with E-state index in [-0.39, 0.29) is 0 Å². The van der Waals surface area contributed by atoms with Crippen LogP contribution in [0.25, 0.3) is 0 Å². The lowest BCUT2D eigenvalue weighted by Crippen LogP contribution is -2.01. The van der Waals surface area contributed by atoms with Crippen LogP contribution in [-0.4, -0.2) is 14.2 Å². The van der Waals surface area contributed by atoms with Crippen molar-refractivity contribution in [3.05, 3.63) is 22.7 Å². The first-order valence-corrected chi connectivity index (χ1v) is 4.21. The molecule has 0 aliphatic rings. The lowest BCUT2D eigenvalue weighted by atomic mass is 10.2. The monoisotopic (exact) mass is 201 g/mol. The molecule has 72 valence electrons. The Hall–Kier alpha value is -0.930. The van der Waals surface area contributed by atoms with E-state index >= 15 is 0 Å². The maximum absolute atomic E-state index is 5.99. The summed E-state index contributed by atoms with van der Waals surface area (Å²) >= 11 is 5.99. The van der Waals surface area contributed by atoms with E-state index in [1.165, 1.54) is 0 Å². The molecule has 1 aromatic rings. The van der Waals surface area contributed by atoms with Crippen molar-refractivity contribution in [1.29, 1.82) is 0 Å². The molecule has 3 nitrogen and oxygen atoms in total. The quantitative estimate of drug-likeness (QED) is 0.812. The van der Waals surface area contributed by atoms with Gasteiger partial charge in [0, 0.05) is 12.1 Å². The molecular formula is C9H12ClNO2. The van der Waals surface area contributed by atoms with E-state index in [4.69, 9.17) is 26.8 Å². The molecule has 0 saturated heterocycles. The van der Waals surface area contributed by atoms with E-state index < -0.39 is 0 Å². The molecule has 0 amide bonds. The standard InChI is InChI=1S/C9H12ClNO2/c1-12-7-4-3-6(5-11)9(13-2)8(7)10/h3-4H,5,11H2,1-2H3. The number of halogens is 1. The van der Waals surface area contributed by atoms with Crippen molar-refractivity contribution >= 4 is 11.6 Å². The maximum Gasteiger partial charge on any atom is 0.145 e. The summed E-state index contributed by atoms with van der Waals surface area (Å²) in [5.74, 6) is 1.18. The summed E-state index contributed by atoms with van der Waals surface area (Å²) in [6, 6.07) is 3.61. The predicted octanol–water partition coefficient (Wildman–Crippen LogP) is 1.82. The molecule has 0 bridgehead atoms. The summed E-state index contributed by atoms with van der Waals surface area (Å²) < 4.78 is 10.2. The molecule has 0 radical (unpaired) electrons. The van der Waals surface area contributed by atoms with Gasteiger partial charge < -0.3 is 15.2 Å². The zero-order valence-corrected chi connectivity index (χ0v) is 8.39. The van der Waals surface area contributed by atoms with Crippen molar-refractivity contribution in [2.75, 3.05) is 14.2 Å². The van der Waals surface area contributed by atoms with Gasteiger partial charge in [0.25, 0.3) is 0 Å². The Balaban J connectivity index is 3.23. The third kappa shape index (κ3) is 1.87. The van der Waals surface area contributed by atoms with Crippen molar-refractivity contribution < 1.29 is 9.47 Å². The highest BCUT2D eigenvalue weighted by molar-refractivity contribution is 6.33. The molecule has 1 aromatic carbocycles. The van der Waals surface area contributed by atoms with E-state index in [9.17, 15) is 0 Å². The first kappa shape index (κ1) is 10.2. The Labute approximate surface area is 82.4 Å². The molecule has 1 rings (SSSR count). The molecule has 0 saturated carbocycles. The van der Waals surface area contributed by atoms with Crippen LogP contribution in [0.5, 0.6) is 11.5 Å². The summed E-state index contributed by atoms with van der Waals surface area (Å²) in [5.41, 5.74) is 6.38. The molecule has 13 heavy (non-hydrogen) atoms. The topological polar surface area (TPSA) is 44.5 Å². The van der Waals surface area contributed by atoms with Gasteiger partial charge in [0.05, 0.1) is 14.2 Å². The van der Waals surface area contributed by atoms with E-state index in [1.807, 2.05) is 6.07 Å². The van der Waals surface area contributed by atoms with Gasteiger partial charge in [0.2, 0.25) is 0 Å². The number of ether oxygens (including phenoxy) is 2. The number of hydrogen-bond acceptors (Lipinski definition) is 3. The van der Waals surface area contributed by atoms with E-state index in [0.29, 0.717) is 23.1 Å². The Morgan fingerprint density at radius 3 is 2.46 bits per heavy atom. The molecule has 0 fully saturated rings. The van der Waals surface area contributed by atoms with Gasteiger partial charge in [-0.25, -0.2) is 0 Å². The summed E-state index contributed by atoms with van der Waals surface area (Å²) in [6.07, 6.45) is 0. The normalized spacial score (nSPS) is 9.85. The van der Waals surface area contributed by atoms with Crippen LogP contribution in [0.4, 0.5) is 0 Å². The van der Waals surface area contributed by atoms with Crippen molar-refractivity contribution in [3.63, 3.8) is 0 Å². The number of nitrogens with two attached hydrogens (primary N) is 1. The van der Waals surface area contributed by atoms with E-state index in [0.717, 1.165) is 5.56 Å². The lowest BCUT2D eigenvalue weighted by Gasteiger charge is -2.11. The Kier molecular flexibility index (Phi) is 3.39. The van der Waals surface area contributed by atoms with Crippen molar-refractivity contribution in [1.82, 2.24) is 0 Å². The van der Waals surface area contributed by atoms with Gasteiger partial charge in [-0.15, -0.1) is 0 Å². The molecule has 0 heterocycles. The predicted molar refractivity (Wildman–Crippen MR) is 52.4 cm³/mol. The number of methoxy groups -OCH3 is 2. The van der Waals surface area contributed by atoms with Crippen LogP contribution in [0.2, 0.25) is 5.02 Å². The molecule has 0 unspecified atom stereocenters. The average molecular weight is 202 g/mol. The van der Waals surface area contributed by atoms with Gasteiger partial charge in [-0.2, -0.15) is 0 Å². The summed E-state index contributed by atoms with van der Waals surface area (Å²) in [7, 11) is 3.11. The Bertz CT molecular complexity index is 302. The Morgan fingerprint density at radius 2 is 2.00 bits per heavy atom. The fourth-order valence-electron chi connectivity index (χ4n) is 1.12. The molecule has 0 aliphatic carbocycles. The molecular weight excluding hydrogens is 190 g/mol.